The maximum Gasteiger partial charge on any atom is 0.191 e. The lowest BCUT2D eigenvalue weighted by Gasteiger charge is -2.14. The summed E-state index contributed by atoms with van der Waals surface area (Å²) in [5.41, 5.74) is 2.01. The molecule has 0 saturated carbocycles. The molecule has 0 spiro atoms. The molecule has 0 saturated heterocycles. The van der Waals surface area contributed by atoms with E-state index in [4.69, 9.17) is 0 Å². The van der Waals surface area contributed by atoms with Gasteiger partial charge in [-0.15, -0.1) is 22.0 Å². The van der Waals surface area contributed by atoms with Gasteiger partial charge in [-0.05, 0) is 32.0 Å². The highest BCUT2D eigenvalue weighted by molar-refractivity contribution is 8.00. The number of aromatic nitrogens is 6. The molecule has 122 valence electrons. The molecule has 0 N–H and O–H groups in total. The minimum absolute atomic E-state index is 0.343. The molecule has 6 nitrogen and oxygen atoms in total. The second-order valence-corrected chi connectivity index (χ2v) is 7.62. The summed E-state index contributed by atoms with van der Waals surface area (Å²) >= 11 is 3.52. The van der Waals surface area contributed by atoms with Gasteiger partial charge in [0.05, 0.1) is 6.04 Å². The largest absolute Gasteiger partial charge is 0.297 e. The lowest BCUT2D eigenvalue weighted by Crippen LogP contribution is -2.11. The Labute approximate surface area is 148 Å². The van der Waals surface area contributed by atoms with Crippen molar-refractivity contribution in [2.75, 3.05) is 11.5 Å². The number of pyridine rings is 1. The zero-order valence-corrected chi connectivity index (χ0v) is 15.0. The zero-order valence-electron chi connectivity index (χ0n) is 13.4. The molecule has 24 heavy (non-hydrogen) atoms. The summed E-state index contributed by atoms with van der Waals surface area (Å²) in [6.45, 7) is 3.93. The van der Waals surface area contributed by atoms with Gasteiger partial charge < -0.3 is 0 Å². The Hall–Kier alpha value is -1.93. The summed E-state index contributed by atoms with van der Waals surface area (Å²) in [6.07, 6.45) is 3.61. The third kappa shape index (κ3) is 3.03. The van der Waals surface area contributed by atoms with Crippen molar-refractivity contribution in [3.63, 3.8) is 0 Å². The van der Waals surface area contributed by atoms with E-state index in [1.807, 2.05) is 38.2 Å². The van der Waals surface area contributed by atoms with Crippen LogP contribution in [0.15, 0.2) is 40.8 Å². The SMILES string of the molecule is Cc1cc(SCC2CSc3nnc(-c4cccnc4)n32)nc(C)n1. The van der Waals surface area contributed by atoms with Gasteiger partial charge >= 0.3 is 0 Å². The van der Waals surface area contributed by atoms with Gasteiger partial charge in [0.25, 0.3) is 0 Å². The number of hydrogen-bond donors (Lipinski definition) is 0. The fourth-order valence-electron chi connectivity index (χ4n) is 2.70. The van der Waals surface area contributed by atoms with Gasteiger partial charge in [-0.25, -0.2) is 9.97 Å². The van der Waals surface area contributed by atoms with Crippen molar-refractivity contribution < 1.29 is 0 Å². The molecule has 0 aromatic carbocycles. The van der Waals surface area contributed by atoms with Gasteiger partial charge in [-0.1, -0.05) is 11.8 Å². The molecule has 8 heteroatoms. The predicted molar refractivity (Wildman–Crippen MR) is 95.2 cm³/mol. The topological polar surface area (TPSA) is 69.4 Å². The quantitative estimate of drug-likeness (QED) is 0.525. The van der Waals surface area contributed by atoms with Crippen molar-refractivity contribution in [1.29, 1.82) is 0 Å². The number of rotatable bonds is 4. The normalized spacial score (nSPS) is 16.3. The number of thioether (sulfide) groups is 2. The van der Waals surface area contributed by atoms with Crippen molar-refractivity contribution >= 4 is 23.5 Å². The summed E-state index contributed by atoms with van der Waals surface area (Å²) in [5.74, 6) is 3.65. The summed E-state index contributed by atoms with van der Waals surface area (Å²) in [6, 6.07) is 6.33. The Bertz CT molecular complexity index is 844. The fraction of sp³-hybridized carbons (Fsp3) is 0.312. The second-order valence-electron chi connectivity index (χ2n) is 5.59. The van der Waals surface area contributed by atoms with Crippen LogP contribution in [0.5, 0.6) is 0 Å². The van der Waals surface area contributed by atoms with E-state index in [-0.39, 0.29) is 0 Å². The molecule has 4 heterocycles. The predicted octanol–water partition coefficient (Wildman–Crippen LogP) is 3.19. The van der Waals surface area contributed by atoms with E-state index < -0.39 is 0 Å². The van der Waals surface area contributed by atoms with Crippen LogP contribution in [0.25, 0.3) is 11.4 Å². The van der Waals surface area contributed by atoms with Crippen molar-refractivity contribution in [2.24, 2.45) is 0 Å². The van der Waals surface area contributed by atoms with Gasteiger partial charge in [0.15, 0.2) is 11.0 Å². The van der Waals surface area contributed by atoms with Crippen LogP contribution < -0.4 is 0 Å². The van der Waals surface area contributed by atoms with Crippen molar-refractivity contribution in [2.45, 2.75) is 30.1 Å². The molecule has 1 aliphatic heterocycles. The van der Waals surface area contributed by atoms with Gasteiger partial charge in [-0.2, -0.15) is 0 Å². The smallest absolute Gasteiger partial charge is 0.191 e. The van der Waals surface area contributed by atoms with Gasteiger partial charge in [-0.3, -0.25) is 9.55 Å². The van der Waals surface area contributed by atoms with E-state index >= 15 is 0 Å². The van der Waals surface area contributed by atoms with Crippen LogP contribution in [0.1, 0.15) is 17.6 Å². The van der Waals surface area contributed by atoms with Crippen LogP contribution in [0.2, 0.25) is 0 Å². The third-order valence-electron chi connectivity index (χ3n) is 3.72. The first-order valence-electron chi connectivity index (χ1n) is 7.64. The molecular formula is C16H16N6S2. The van der Waals surface area contributed by atoms with Crippen LogP contribution in [-0.2, 0) is 0 Å². The van der Waals surface area contributed by atoms with Crippen LogP contribution >= 0.6 is 23.5 Å². The molecule has 0 bridgehead atoms. The summed E-state index contributed by atoms with van der Waals surface area (Å²) < 4.78 is 2.23. The Morgan fingerprint density at radius 1 is 1.29 bits per heavy atom. The number of fused-ring (bicyclic) bond motifs is 1. The molecule has 1 atom stereocenters. The summed E-state index contributed by atoms with van der Waals surface area (Å²) in [4.78, 5) is 13.0. The van der Waals surface area contributed by atoms with E-state index in [0.29, 0.717) is 6.04 Å². The molecule has 0 aliphatic carbocycles. The Kier molecular flexibility index (Phi) is 4.24. The first kappa shape index (κ1) is 15.6. The maximum absolute atomic E-state index is 4.51. The van der Waals surface area contributed by atoms with E-state index in [9.17, 15) is 0 Å². The van der Waals surface area contributed by atoms with Gasteiger partial charge in [0, 0.05) is 35.2 Å². The highest BCUT2D eigenvalue weighted by Crippen LogP contribution is 2.38. The minimum Gasteiger partial charge on any atom is -0.297 e. The van der Waals surface area contributed by atoms with Gasteiger partial charge in [0.1, 0.15) is 10.9 Å². The maximum atomic E-state index is 4.51. The van der Waals surface area contributed by atoms with E-state index in [0.717, 1.165) is 44.6 Å². The Balaban J connectivity index is 1.57. The monoisotopic (exact) mass is 356 g/mol. The Morgan fingerprint density at radius 2 is 2.21 bits per heavy atom. The average molecular weight is 356 g/mol. The number of hydrogen-bond acceptors (Lipinski definition) is 7. The molecule has 4 rings (SSSR count). The first-order valence-corrected chi connectivity index (χ1v) is 9.61. The van der Waals surface area contributed by atoms with Crippen molar-refractivity contribution in [3.8, 4) is 11.4 Å². The first-order chi connectivity index (χ1) is 11.7. The number of nitrogens with zero attached hydrogens (tertiary/aromatic N) is 6. The lowest BCUT2D eigenvalue weighted by molar-refractivity contribution is 0.596. The zero-order chi connectivity index (χ0) is 16.5. The van der Waals surface area contributed by atoms with E-state index in [2.05, 4.69) is 29.7 Å². The Morgan fingerprint density at radius 3 is 3.00 bits per heavy atom. The summed E-state index contributed by atoms with van der Waals surface area (Å²) in [7, 11) is 0. The highest BCUT2D eigenvalue weighted by Gasteiger charge is 2.28. The minimum atomic E-state index is 0.343. The lowest BCUT2D eigenvalue weighted by atomic mass is 10.2. The fourth-order valence-corrected chi connectivity index (χ4v) is 5.01. The van der Waals surface area contributed by atoms with Crippen LogP contribution in [0, 0.1) is 13.8 Å². The van der Waals surface area contributed by atoms with Crippen LogP contribution in [0.4, 0.5) is 0 Å². The molecule has 3 aromatic rings. The van der Waals surface area contributed by atoms with Crippen LogP contribution in [0.3, 0.4) is 0 Å². The molecule has 1 unspecified atom stereocenters. The van der Waals surface area contributed by atoms with Crippen molar-refractivity contribution in [1.82, 2.24) is 29.7 Å². The van der Waals surface area contributed by atoms with E-state index in [1.54, 1.807) is 29.7 Å². The highest BCUT2D eigenvalue weighted by atomic mass is 32.2. The van der Waals surface area contributed by atoms with Gasteiger partial charge in [0.2, 0.25) is 0 Å². The molecule has 1 aliphatic rings. The summed E-state index contributed by atoms with van der Waals surface area (Å²) in [5, 5.41) is 10.7. The standard InChI is InChI=1S/C16H16N6S2/c1-10-6-14(19-11(2)18-10)23-8-13-9-24-16-21-20-15(22(13)16)12-4-3-5-17-7-12/h3-7,13H,8-9H2,1-2H3. The molecular weight excluding hydrogens is 340 g/mol. The molecule has 0 radical (unpaired) electrons. The molecule has 0 amide bonds. The average Bonchev–Trinajstić information content (AvgIpc) is 3.15. The number of aryl methyl sites for hydroxylation is 2. The molecule has 0 fully saturated rings. The second kappa shape index (κ2) is 6.52. The van der Waals surface area contributed by atoms with E-state index in [1.165, 1.54) is 0 Å². The molecule has 3 aromatic heterocycles. The van der Waals surface area contributed by atoms with Crippen molar-refractivity contribution in [3.05, 3.63) is 42.1 Å². The van der Waals surface area contributed by atoms with Crippen LogP contribution in [-0.4, -0.2) is 41.2 Å². The third-order valence-corrected chi connectivity index (χ3v) is 5.86.